The van der Waals surface area contributed by atoms with E-state index in [1.807, 2.05) is 0 Å². The average molecular weight is 235 g/mol. The molecular weight excluding hydrogens is 214 g/mol. The van der Waals surface area contributed by atoms with Crippen molar-refractivity contribution in [3.63, 3.8) is 0 Å². The summed E-state index contributed by atoms with van der Waals surface area (Å²) in [4.78, 5) is 10.9. The van der Waals surface area contributed by atoms with Crippen molar-refractivity contribution in [1.82, 2.24) is 5.32 Å². The maximum atomic E-state index is 10.9. The quantitative estimate of drug-likeness (QED) is 0.770. The number of benzene rings is 1. The maximum absolute atomic E-state index is 10.9. The Labute approximate surface area is 103 Å². The molecule has 1 aromatic carbocycles. The van der Waals surface area contributed by atoms with E-state index in [2.05, 4.69) is 48.2 Å². The van der Waals surface area contributed by atoms with E-state index in [1.165, 1.54) is 18.2 Å². The van der Waals surface area contributed by atoms with Gasteiger partial charge in [-0.05, 0) is 23.5 Å². The van der Waals surface area contributed by atoms with Gasteiger partial charge in [-0.2, -0.15) is 0 Å². The summed E-state index contributed by atoms with van der Waals surface area (Å²) >= 11 is 0. The molecule has 1 rings (SSSR count). The Morgan fingerprint density at radius 2 is 2.00 bits per heavy atom. The summed E-state index contributed by atoms with van der Waals surface area (Å²) in [5.41, 5.74) is 2.55. The van der Waals surface area contributed by atoms with E-state index >= 15 is 0 Å². The molecule has 0 radical (unpaired) electrons. The third-order valence-electron chi connectivity index (χ3n) is 2.99. The first kappa shape index (κ1) is 13.7. The van der Waals surface area contributed by atoms with E-state index in [-0.39, 0.29) is 12.5 Å². The first-order valence-corrected chi connectivity index (χ1v) is 6.03. The van der Waals surface area contributed by atoms with Crippen molar-refractivity contribution < 1.29 is 9.53 Å². The van der Waals surface area contributed by atoms with Crippen LogP contribution in [0.25, 0.3) is 0 Å². The molecule has 1 N–H and O–H groups in total. The van der Waals surface area contributed by atoms with E-state index in [0.29, 0.717) is 12.5 Å². The summed E-state index contributed by atoms with van der Waals surface area (Å²) in [5, 5.41) is 3.04. The van der Waals surface area contributed by atoms with Crippen LogP contribution in [-0.4, -0.2) is 19.6 Å². The number of ether oxygens (including phenoxy) is 1. The van der Waals surface area contributed by atoms with Gasteiger partial charge in [0.25, 0.3) is 0 Å². The van der Waals surface area contributed by atoms with Gasteiger partial charge in [-0.3, -0.25) is 4.79 Å². The van der Waals surface area contributed by atoms with Crippen LogP contribution >= 0.6 is 0 Å². The smallest absolute Gasteiger partial charge is 0.319 e. The lowest BCUT2D eigenvalue weighted by Crippen LogP contribution is -2.23. The van der Waals surface area contributed by atoms with E-state index < -0.39 is 0 Å². The van der Waals surface area contributed by atoms with E-state index in [0.717, 1.165) is 6.42 Å². The predicted octanol–water partition coefficient (Wildman–Crippen LogP) is 2.46. The van der Waals surface area contributed by atoms with Gasteiger partial charge in [0.05, 0.1) is 13.7 Å². The third kappa shape index (κ3) is 4.57. The van der Waals surface area contributed by atoms with Gasteiger partial charge in [0.2, 0.25) is 0 Å². The van der Waals surface area contributed by atoms with Crippen LogP contribution in [0.1, 0.15) is 37.3 Å². The van der Waals surface area contributed by atoms with Gasteiger partial charge < -0.3 is 10.1 Å². The van der Waals surface area contributed by atoms with Crippen molar-refractivity contribution in [3.05, 3.63) is 35.4 Å². The summed E-state index contributed by atoms with van der Waals surface area (Å²) in [5.74, 6) is 0.369. The van der Waals surface area contributed by atoms with Crippen LogP contribution in [0.2, 0.25) is 0 Å². The fourth-order valence-corrected chi connectivity index (χ4v) is 1.58. The highest BCUT2D eigenvalue weighted by atomic mass is 16.5. The van der Waals surface area contributed by atoms with Crippen LogP contribution in [0, 0.1) is 0 Å². The molecule has 0 aliphatic rings. The number of nitrogens with one attached hydrogen (secondary N) is 1. The lowest BCUT2D eigenvalue weighted by molar-refractivity contribution is -0.139. The molecule has 1 unspecified atom stereocenters. The second-order valence-corrected chi connectivity index (χ2v) is 4.23. The molecule has 3 heteroatoms. The number of methoxy groups -OCH3 is 1. The molecular formula is C14H21NO2. The van der Waals surface area contributed by atoms with Crippen LogP contribution in [0.15, 0.2) is 24.3 Å². The minimum absolute atomic E-state index is 0.235. The van der Waals surface area contributed by atoms with Crippen molar-refractivity contribution in [1.29, 1.82) is 0 Å². The molecule has 0 amide bonds. The molecule has 0 aliphatic carbocycles. The van der Waals surface area contributed by atoms with Gasteiger partial charge in [0, 0.05) is 6.54 Å². The molecule has 1 aromatic rings. The zero-order valence-electron chi connectivity index (χ0n) is 10.8. The van der Waals surface area contributed by atoms with Crippen molar-refractivity contribution in [2.45, 2.75) is 32.7 Å². The zero-order valence-corrected chi connectivity index (χ0v) is 10.8. The molecule has 0 bridgehead atoms. The lowest BCUT2D eigenvalue weighted by Gasteiger charge is -2.10. The first-order chi connectivity index (χ1) is 8.17. The first-order valence-electron chi connectivity index (χ1n) is 6.03. The molecule has 94 valence electrons. The largest absolute Gasteiger partial charge is 0.468 e. The molecule has 0 saturated carbocycles. The molecule has 3 nitrogen and oxygen atoms in total. The Balaban J connectivity index is 2.43. The van der Waals surface area contributed by atoms with Crippen LogP contribution in [0.5, 0.6) is 0 Å². The number of esters is 1. The van der Waals surface area contributed by atoms with Gasteiger partial charge >= 0.3 is 5.97 Å². The Hall–Kier alpha value is -1.35. The number of rotatable bonds is 6. The highest BCUT2D eigenvalue weighted by Crippen LogP contribution is 2.18. The second-order valence-electron chi connectivity index (χ2n) is 4.23. The number of carbonyl (C=O) groups is 1. The number of hydrogen-bond acceptors (Lipinski definition) is 3. The molecule has 0 heterocycles. The maximum Gasteiger partial charge on any atom is 0.319 e. The van der Waals surface area contributed by atoms with Crippen molar-refractivity contribution in [2.24, 2.45) is 0 Å². The number of hydrogen-bond donors (Lipinski definition) is 1. The average Bonchev–Trinajstić information content (AvgIpc) is 2.38. The zero-order chi connectivity index (χ0) is 12.7. The van der Waals surface area contributed by atoms with Crippen molar-refractivity contribution >= 4 is 5.97 Å². The predicted molar refractivity (Wildman–Crippen MR) is 68.9 cm³/mol. The Bertz CT molecular complexity index is 346. The molecule has 17 heavy (non-hydrogen) atoms. The minimum atomic E-state index is -0.235. The van der Waals surface area contributed by atoms with Gasteiger partial charge in [0.1, 0.15) is 0 Å². The minimum Gasteiger partial charge on any atom is -0.468 e. The summed E-state index contributed by atoms with van der Waals surface area (Å²) in [6.45, 7) is 5.36. The normalized spacial score (nSPS) is 12.2. The molecule has 0 aliphatic heterocycles. The van der Waals surface area contributed by atoms with Gasteiger partial charge in [0.15, 0.2) is 0 Å². The summed E-state index contributed by atoms with van der Waals surface area (Å²) < 4.78 is 4.55. The highest BCUT2D eigenvalue weighted by molar-refractivity contribution is 5.71. The fraction of sp³-hybridized carbons (Fsp3) is 0.500. The number of carbonyl (C=O) groups excluding carboxylic acids is 1. The Kier molecular flexibility index (Phi) is 5.70. The molecule has 0 saturated heterocycles. The van der Waals surface area contributed by atoms with Crippen molar-refractivity contribution in [3.8, 4) is 0 Å². The topological polar surface area (TPSA) is 38.3 Å². The van der Waals surface area contributed by atoms with Gasteiger partial charge in [-0.15, -0.1) is 0 Å². The third-order valence-corrected chi connectivity index (χ3v) is 2.99. The lowest BCUT2D eigenvalue weighted by atomic mass is 9.98. The molecule has 1 atom stereocenters. The Morgan fingerprint density at radius 1 is 1.35 bits per heavy atom. The molecule has 0 fully saturated rings. The second kappa shape index (κ2) is 7.07. The van der Waals surface area contributed by atoms with E-state index in [1.54, 1.807) is 0 Å². The fourth-order valence-electron chi connectivity index (χ4n) is 1.58. The van der Waals surface area contributed by atoms with Crippen LogP contribution in [0.3, 0.4) is 0 Å². The van der Waals surface area contributed by atoms with Gasteiger partial charge in [-0.1, -0.05) is 38.1 Å². The summed E-state index contributed by atoms with van der Waals surface area (Å²) in [6, 6.07) is 8.52. The van der Waals surface area contributed by atoms with Crippen LogP contribution < -0.4 is 5.32 Å². The van der Waals surface area contributed by atoms with Gasteiger partial charge in [-0.25, -0.2) is 0 Å². The standard InChI is InChI=1S/C14H21NO2/c1-4-11(2)13-7-5-12(6-8-13)9-15-10-14(16)17-3/h5-8,11,15H,4,9-10H2,1-3H3. The summed E-state index contributed by atoms with van der Waals surface area (Å²) in [6.07, 6.45) is 1.15. The highest BCUT2D eigenvalue weighted by Gasteiger charge is 2.03. The molecule has 0 spiro atoms. The Morgan fingerprint density at radius 3 is 2.53 bits per heavy atom. The van der Waals surface area contributed by atoms with E-state index in [9.17, 15) is 4.79 Å². The monoisotopic (exact) mass is 235 g/mol. The summed E-state index contributed by atoms with van der Waals surface area (Å²) in [7, 11) is 1.39. The van der Waals surface area contributed by atoms with Crippen LogP contribution in [0.4, 0.5) is 0 Å². The molecule has 0 aromatic heterocycles. The van der Waals surface area contributed by atoms with E-state index in [4.69, 9.17) is 0 Å². The van der Waals surface area contributed by atoms with Crippen molar-refractivity contribution in [2.75, 3.05) is 13.7 Å². The van der Waals surface area contributed by atoms with Crippen LogP contribution in [-0.2, 0) is 16.1 Å². The SMILES string of the molecule is CCC(C)c1ccc(CNCC(=O)OC)cc1.